The zero-order chi connectivity index (χ0) is 19.1. The summed E-state index contributed by atoms with van der Waals surface area (Å²) >= 11 is 0. The molecule has 0 radical (unpaired) electrons. The van der Waals surface area contributed by atoms with Gasteiger partial charge in [0, 0.05) is 24.7 Å². The first-order valence-electron chi connectivity index (χ1n) is 8.89. The van der Waals surface area contributed by atoms with Crippen molar-refractivity contribution in [1.29, 1.82) is 0 Å². The lowest BCUT2D eigenvalue weighted by molar-refractivity contribution is -0.121. The molecule has 0 unspecified atom stereocenters. The van der Waals surface area contributed by atoms with Crippen LogP contribution in [-0.2, 0) is 21.4 Å². The number of carbonyl (C=O) groups is 1. The molecule has 142 valence electrons. The van der Waals surface area contributed by atoms with Crippen LogP contribution in [0.5, 0.6) is 0 Å². The van der Waals surface area contributed by atoms with Gasteiger partial charge in [0.15, 0.2) is 0 Å². The van der Waals surface area contributed by atoms with Crippen molar-refractivity contribution in [3.05, 3.63) is 59.9 Å². The Balaban J connectivity index is 1.36. The van der Waals surface area contributed by atoms with Gasteiger partial charge in [0.25, 0.3) is 10.0 Å². The highest BCUT2D eigenvalue weighted by atomic mass is 32.2. The SMILES string of the molecule is O=C(CCCCCN=C1NS(=O)(=O)c2ccccc21)NCc1ccccn1. The maximum absolute atomic E-state index is 12.0. The number of fused-ring (bicyclic) bond motifs is 1. The molecule has 0 spiro atoms. The number of aromatic nitrogens is 1. The molecule has 0 atom stereocenters. The number of benzene rings is 1. The number of pyridine rings is 1. The van der Waals surface area contributed by atoms with E-state index in [0.717, 1.165) is 25.0 Å². The van der Waals surface area contributed by atoms with Gasteiger partial charge in [0.2, 0.25) is 5.91 Å². The van der Waals surface area contributed by atoms with Crippen molar-refractivity contribution in [3.63, 3.8) is 0 Å². The highest BCUT2D eigenvalue weighted by molar-refractivity contribution is 7.90. The van der Waals surface area contributed by atoms with Gasteiger partial charge in [-0.25, -0.2) is 8.42 Å². The Labute approximate surface area is 159 Å². The van der Waals surface area contributed by atoms with Crippen molar-refractivity contribution >= 4 is 21.8 Å². The monoisotopic (exact) mass is 386 g/mol. The van der Waals surface area contributed by atoms with Crippen LogP contribution in [0.2, 0.25) is 0 Å². The van der Waals surface area contributed by atoms with Gasteiger partial charge in [0.1, 0.15) is 5.84 Å². The van der Waals surface area contributed by atoms with Crippen molar-refractivity contribution in [2.24, 2.45) is 4.99 Å². The second kappa shape index (κ2) is 8.77. The minimum absolute atomic E-state index is 0.00412. The second-order valence-electron chi connectivity index (χ2n) is 6.24. The molecule has 0 aliphatic carbocycles. The number of hydrogen-bond acceptors (Lipinski definition) is 5. The molecule has 0 bridgehead atoms. The fourth-order valence-electron chi connectivity index (χ4n) is 2.80. The minimum atomic E-state index is -3.48. The van der Waals surface area contributed by atoms with E-state index in [1.165, 1.54) is 0 Å². The molecule has 2 aromatic rings. The van der Waals surface area contributed by atoms with Crippen molar-refractivity contribution in [2.45, 2.75) is 37.1 Å². The number of nitrogens with one attached hydrogen (secondary N) is 2. The van der Waals surface area contributed by atoms with Crippen LogP contribution in [0.25, 0.3) is 0 Å². The minimum Gasteiger partial charge on any atom is -0.350 e. The summed E-state index contributed by atoms with van der Waals surface area (Å²) in [6.07, 6.45) is 4.56. The molecular weight excluding hydrogens is 364 g/mol. The number of carbonyl (C=O) groups excluding carboxylic acids is 1. The van der Waals surface area contributed by atoms with Crippen LogP contribution in [0.3, 0.4) is 0 Å². The number of amides is 1. The Bertz CT molecular complexity index is 927. The van der Waals surface area contributed by atoms with Crippen LogP contribution in [0.15, 0.2) is 58.5 Å². The first-order chi connectivity index (χ1) is 13.1. The third-order valence-electron chi connectivity index (χ3n) is 4.19. The van der Waals surface area contributed by atoms with Crippen LogP contribution in [0, 0.1) is 0 Å². The molecule has 1 aromatic carbocycles. The highest BCUT2D eigenvalue weighted by Gasteiger charge is 2.29. The molecule has 0 saturated heterocycles. The van der Waals surface area contributed by atoms with E-state index in [1.807, 2.05) is 18.2 Å². The van der Waals surface area contributed by atoms with Gasteiger partial charge in [-0.1, -0.05) is 24.6 Å². The number of amidine groups is 1. The number of nitrogens with zero attached hydrogens (tertiary/aromatic N) is 2. The number of sulfonamides is 1. The fraction of sp³-hybridized carbons (Fsp3) is 0.316. The number of aliphatic imine (C=N–C) groups is 1. The first kappa shape index (κ1) is 19.0. The van der Waals surface area contributed by atoms with Gasteiger partial charge in [-0.3, -0.25) is 19.5 Å². The lowest BCUT2D eigenvalue weighted by Crippen LogP contribution is -2.23. The topological polar surface area (TPSA) is 101 Å². The third-order valence-corrected chi connectivity index (χ3v) is 5.58. The number of rotatable bonds is 8. The van der Waals surface area contributed by atoms with Gasteiger partial charge in [-0.2, -0.15) is 0 Å². The van der Waals surface area contributed by atoms with Crippen molar-refractivity contribution in [2.75, 3.05) is 6.54 Å². The maximum Gasteiger partial charge on any atom is 0.263 e. The summed E-state index contributed by atoms with van der Waals surface area (Å²) in [4.78, 5) is 20.6. The van der Waals surface area contributed by atoms with Gasteiger partial charge in [0.05, 0.1) is 17.1 Å². The zero-order valence-corrected chi connectivity index (χ0v) is 15.7. The summed E-state index contributed by atoms with van der Waals surface area (Å²) in [6.45, 7) is 0.953. The Morgan fingerprint density at radius 1 is 1.07 bits per heavy atom. The smallest absolute Gasteiger partial charge is 0.263 e. The second-order valence-corrected chi connectivity index (χ2v) is 7.89. The molecular formula is C19H22N4O3S. The lowest BCUT2D eigenvalue weighted by atomic mass is 10.2. The summed E-state index contributed by atoms with van der Waals surface area (Å²) in [5.74, 6) is 0.406. The molecule has 8 heteroatoms. The van der Waals surface area contributed by atoms with E-state index in [-0.39, 0.29) is 10.8 Å². The van der Waals surface area contributed by atoms with E-state index < -0.39 is 10.0 Å². The molecule has 2 heterocycles. The lowest BCUT2D eigenvalue weighted by Gasteiger charge is -2.04. The number of unbranched alkanes of at least 4 members (excludes halogenated alkanes) is 2. The molecule has 7 nitrogen and oxygen atoms in total. The molecule has 1 aromatic heterocycles. The Hall–Kier alpha value is -2.74. The Morgan fingerprint density at radius 3 is 2.70 bits per heavy atom. The van der Waals surface area contributed by atoms with Gasteiger partial charge in [-0.15, -0.1) is 0 Å². The van der Waals surface area contributed by atoms with Crippen molar-refractivity contribution in [1.82, 2.24) is 15.0 Å². The van der Waals surface area contributed by atoms with Crippen LogP contribution in [0.1, 0.15) is 36.9 Å². The van der Waals surface area contributed by atoms with E-state index in [4.69, 9.17) is 0 Å². The largest absolute Gasteiger partial charge is 0.350 e. The fourth-order valence-corrected chi connectivity index (χ4v) is 4.05. The average molecular weight is 386 g/mol. The summed E-state index contributed by atoms with van der Waals surface area (Å²) in [6, 6.07) is 12.4. The highest BCUT2D eigenvalue weighted by Crippen LogP contribution is 2.22. The van der Waals surface area contributed by atoms with Gasteiger partial charge >= 0.3 is 0 Å². The zero-order valence-electron chi connectivity index (χ0n) is 14.9. The summed E-state index contributed by atoms with van der Waals surface area (Å²) in [5, 5.41) is 2.85. The predicted octanol–water partition coefficient (Wildman–Crippen LogP) is 2.00. The molecule has 3 rings (SSSR count). The summed E-state index contributed by atoms with van der Waals surface area (Å²) in [5.41, 5.74) is 1.45. The molecule has 1 amide bonds. The van der Waals surface area contributed by atoms with Gasteiger partial charge in [-0.05, 0) is 37.1 Å². The van der Waals surface area contributed by atoms with Crippen molar-refractivity contribution in [3.8, 4) is 0 Å². The third kappa shape index (κ3) is 5.13. The Morgan fingerprint density at radius 2 is 1.89 bits per heavy atom. The Kier molecular flexibility index (Phi) is 6.18. The standard InChI is InChI=1S/C19H22N4O3S/c24-18(22-14-15-8-5-7-12-20-15)11-2-1-6-13-21-19-16-9-3-4-10-17(16)27(25,26)23-19/h3-5,7-10,12H,1-2,6,11,13-14H2,(H,21,23)(H,22,24). The van der Waals surface area contributed by atoms with E-state index in [1.54, 1.807) is 30.5 Å². The molecule has 2 N–H and O–H groups in total. The van der Waals surface area contributed by atoms with Crippen LogP contribution < -0.4 is 10.0 Å². The predicted molar refractivity (Wildman–Crippen MR) is 103 cm³/mol. The normalized spacial score (nSPS) is 15.9. The summed E-state index contributed by atoms with van der Waals surface area (Å²) < 4.78 is 26.5. The molecule has 0 saturated carbocycles. The van der Waals surface area contributed by atoms with Crippen molar-refractivity contribution < 1.29 is 13.2 Å². The molecule has 1 aliphatic heterocycles. The molecule has 0 fully saturated rings. The first-order valence-corrected chi connectivity index (χ1v) is 10.4. The van der Waals surface area contributed by atoms with Crippen LogP contribution in [0.4, 0.5) is 0 Å². The van der Waals surface area contributed by atoms with E-state index in [0.29, 0.717) is 30.9 Å². The summed E-state index contributed by atoms with van der Waals surface area (Å²) in [7, 11) is -3.48. The molecule has 27 heavy (non-hydrogen) atoms. The number of hydrogen-bond donors (Lipinski definition) is 2. The quantitative estimate of drug-likeness (QED) is 0.678. The molecule has 1 aliphatic rings. The maximum atomic E-state index is 12.0. The van der Waals surface area contributed by atoms with E-state index in [9.17, 15) is 13.2 Å². The average Bonchev–Trinajstić information content (AvgIpc) is 2.94. The van der Waals surface area contributed by atoms with Crippen LogP contribution in [-0.4, -0.2) is 31.7 Å². The van der Waals surface area contributed by atoms with E-state index in [2.05, 4.69) is 20.0 Å². The van der Waals surface area contributed by atoms with E-state index >= 15 is 0 Å². The van der Waals surface area contributed by atoms with Crippen LogP contribution >= 0.6 is 0 Å². The van der Waals surface area contributed by atoms with Gasteiger partial charge < -0.3 is 5.32 Å².